The molecule has 116 valence electrons. The molecular formula is C18H22N2O2. The van der Waals surface area contributed by atoms with Crippen LogP contribution in [0.3, 0.4) is 0 Å². The van der Waals surface area contributed by atoms with Crippen LogP contribution in [0, 0.1) is 6.92 Å². The van der Waals surface area contributed by atoms with Crippen LogP contribution in [0.2, 0.25) is 0 Å². The summed E-state index contributed by atoms with van der Waals surface area (Å²) >= 11 is 0. The molecule has 0 aromatic heterocycles. The highest BCUT2D eigenvalue weighted by molar-refractivity contribution is 5.88. The van der Waals surface area contributed by atoms with Crippen LogP contribution >= 0.6 is 0 Å². The normalized spacial score (nSPS) is 12.0. The number of hydrogen-bond acceptors (Lipinski definition) is 3. The second kappa shape index (κ2) is 7.73. The quantitative estimate of drug-likeness (QED) is 0.768. The van der Waals surface area contributed by atoms with E-state index < -0.39 is 6.10 Å². The number of aryl methyl sites for hydroxylation is 1. The van der Waals surface area contributed by atoms with Crippen molar-refractivity contribution >= 4 is 11.6 Å². The van der Waals surface area contributed by atoms with E-state index in [9.17, 15) is 9.90 Å². The van der Waals surface area contributed by atoms with Gasteiger partial charge in [0, 0.05) is 25.7 Å². The number of aliphatic hydroxyl groups excluding tert-OH is 1. The van der Waals surface area contributed by atoms with Gasteiger partial charge in [-0.1, -0.05) is 42.0 Å². The van der Waals surface area contributed by atoms with Gasteiger partial charge in [-0.05, 0) is 30.2 Å². The summed E-state index contributed by atoms with van der Waals surface area (Å²) in [6, 6.07) is 15.5. The molecule has 0 fully saturated rings. The number of aliphatic hydroxyl groups is 1. The van der Waals surface area contributed by atoms with Crippen LogP contribution in [-0.2, 0) is 11.3 Å². The Morgan fingerprint density at radius 3 is 2.32 bits per heavy atom. The third kappa shape index (κ3) is 4.98. The van der Waals surface area contributed by atoms with Crippen LogP contribution in [-0.4, -0.2) is 17.6 Å². The van der Waals surface area contributed by atoms with Gasteiger partial charge in [0.15, 0.2) is 0 Å². The molecule has 0 unspecified atom stereocenters. The fraction of sp³-hybridized carbons (Fsp3) is 0.278. The van der Waals surface area contributed by atoms with E-state index in [1.807, 2.05) is 55.5 Å². The first-order valence-corrected chi connectivity index (χ1v) is 7.36. The Morgan fingerprint density at radius 2 is 1.73 bits per heavy atom. The molecule has 4 nitrogen and oxygen atoms in total. The summed E-state index contributed by atoms with van der Waals surface area (Å²) in [5, 5.41) is 16.1. The minimum absolute atomic E-state index is 0.0768. The highest BCUT2D eigenvalue weighted by atomic mass is 16.3. The molecule has 0 saturated carbocycles. The number of hydrogen-bond donors (Lipinski definition) is 3. The molecule has 22 heavy (non-hydrogen) atoms. The second-order valence-electron chi connectivity index (χ2n) is 5.44. The van der Waals surface area contributed by atoms with Crippen molar-refractivity contribution in [2.75, 3.05) is 11.9 Å². The van der Waals surface area contributed by atoms with E-state index in [-0.39, 0.29) is 5.91 Å². The second-order valence-corrected chi connectivity index (χ2v) is 5.44. The number of nitrogens with one attached hydrogen (secondary N) is 2. The first kappa shape index (κ1) is 16.2. The Kier molecular flexibility index (Phi) is 5.69. The van der Waals surface area contributed by atoms with Gasteiger partial charge < -0.3 is 15.7 Å². The molecule has 0 aliphatic heterocycles. The van der Waals surface area contributed by atoms with Crippen molar-refractivity contribution < 1.29 is 9.90 Å². The zero-order valence-corrected chi connectivity index (χ0v) is 13.0. The number of anilines is 1. The van der Waals surface area contributed by atoms with E-state index in [0.29, 0.717) is 13.1 Å². The smallest absolute Gasteiger partial charge is 0.221 e. The standard InChI is InChI=1S/C18H22N2O2/c1-13-3-7-16(8-4-13)18(22)12-19-11-15-5-9-17(10-6-15)20-14(2)21/h3-10,18-19,22H,11-12H2,1-2H3,(H,20,21)/t18-/m1/s1. The lowest BCUT2D eigenvalue weighted by Gasteiger charge is -2.13. The van der Waals surface area contributed by atoms with Crippen LogP contribution in [0.25, 0.3) is 0 Å². The fourth-order valence-corrected chi connectivity index (χ4v) is 2.17. The molecule has 0 bridgehead atoms. The molecule has 2 rings (SSSR count). The lowest BCUT2D eigenvalue weighted by atomic mass is 10.1. The summed E-state index contributed by atoms with van der Waals surface area (Å²) in [6.07, 6.45) is -0.515. The topological polar surface area (TPSA) is 61.4 Å². The zero-order chi connectivity index (χ0) is 15.9. The van der Waals surface area contributed by atoms with Crippen molar-refractivity contribution in [2.45, 2.75) is 26.5 Å². The summed E-state index contributed by atoms with van der Waals surface area (Å²) in [6.45, 7) is 4.68. The largest absolute Gasteiger partial charge is 0.387 e. The highest BCUT2D eigenvalue weighted by Crippen LogP contribution is 2.13. The van der Waals surface area contributed by atoms with Gasteiger partial charge in [0.1, 0.15) is 0 Å². The maximum Gasteiger partial charge on any atom is 0.221 e. The van der Waals surface area contributed by atoms with Gasteiger partial charge in [0.25, 0.3) is 0 Å². The molecule has 1 amide bonds. The molecule has 0 spiro atoms. The monoisotopic (exact) mass is 298 g/mol. The molecule has 4 heteroatoms. The molecular weight excluding hydrogens is 276 g/mol. The first-order chi connectivity index (χ1) is 10.5. The van der Waals surface area contributed by atoms with Crippen LogP contribution < -0.4 is 10.6 Å². The van der Waals surface area contributed by atoms with Crippen LogP contribution in [0.1, 0.15) is 29.7 Å². The Labute approximate surface area is 131 Å². The van der Waals surface area contributed by atoms with E-state index in [1.165, 1.54) is 12.5 Å². The lowest BCUT2D eigenvalue weighted by molar-refractivity contribution is -0.114. The van der Waals surface area contributed by atoms with Crippen LogP contribution in [0.4, 0.5) is 5.69 Å². The molecule has 0 aliphatic carbocycles. The molecule has 0 heterocycles. The number of benzene rings is 2. The maximum absolute atomic E-state index is 10.9. The van der Waals surface area contributed by atoms with Gasteiger partial charge in [0.05, 0.1) is 6.10 Å². The molecule has 2 aromatic rings. The third-order valence-corrected chi connectivity index (χ3v) is 3.40. The Hall–Kier alpha value is -2.17. The van der Waals surface area contributed by atoms with Crippen LogP contribution in [0.15, 0.2) is 48.5 Å². The Bertz CT molecular complexity index is 606. The minimum atomic E-state index is -0.515. The number of amides is 1. The predicted octanol–water partition coefficient (Wildman–Crippen LogP) is 2.78. The van der Waals surface area contributed by atoms with Gasteiger partial charge in [-0.2, -0.15) is 0 Å². The van der Waals surface area contributed by atoms with Gasteiger partial charge in [0.2, 0.25) is 5.91 Å². The van der Waals surface area contributed by atoms with Crippen molar-refractivity contribution in [2.24, 2.45) is 0 Å². The molecule has 0 radical (unpaired) electrons. The fourth-order valence-electron chi connectivity index (χ4n) is 2.17. The third-order valence-electron chi connectivity index (χ3n) is 3.40. The average molecular weight is 298 g/mol. The summed E-state index contributed by atoms with van der Waals surface area (Å²) in [5.41, 5.74) is 3.99. The van der Waals surface area contributed by atoms with Crippen LogP contribution in [0.5, 0.6) is 0 Å². The summed E-state index contributed by atoms with van der Waals surface area (Å²) in [7, 11) is 0. The van der Waals surface area contributed by atoms with E-state index in [2.05, 4.69) is 10.6 Å². The highest BCUT2D eigenvalue weighted by Gasteiger charge is 2.06. The maximum atomic E-state index is 10.9. The van der Waals surface area contributed by atoms with Crippen molar-refractivity contribution in [1.29, 1.82) is 0 Å². The number of rotatable bonds is 6. The first-order valence-electron chi connectivity index (χ1n) is 7.36. The van der Waals surface area contributed by atoms with Gasteiger partial charge in [-0.25, -0.2) is 0 Å². The van der Waals surface area contributed by atoms with E-state index in [0.717, 1.165) is 16.8 Å². The van der Waals surface area contributed by atoms with Crippen molar-refractivity contribution in [3.63, 3.8) is 0 Å². The predicted molar refractivity (Wildman–Crippen MR) is 88.6 cm³/mol. The van der Waals surface area contributed by atoms with Crippen molar-refractivity contribution in [1.82, 2.24) is 5.32 Å². The minimum Gasteiger partial charge on any atom is -0.387 e. The zero-order valence-electron chi connectivity index (χ0n) is 13.0. The summed E-state index contributed by atoms with van der Waals surface area (Å²) < 4.78 is 0. The SMILES string of the molecule is CC(=O)Nc1ccc(CNC[C@@H](O)c2ccc(C)cc2)cc1. The molecule has 1 atom stereocenters. The molecule has 2 aromatic carbocycles. The number of carbonyl (C=O) groups excluding carboxylic acids is 1. The van der Waals surface area contributed by atoms with Gasteiger partial charge >= 0.3 is 0 Å². The summed E-state index contributed by atoms with van der Waals surface area (Å²) in [4.78, 5) is 10.9. The molecule has 0 saturated heterocycles. The van der Waals surface area contributed by atoms with E-state index >= 15 is 0 Å². The Morgan fingerprint density at radius 1 is 1.09 bits per heavy atom. The number of carbonyl (C=O) groups is 1. The van der Waals surface area contributed by atoms with Crippen molar-refractivity contribution in [3.05, 3.63) is 65.2 Å². The summed E-state index contributed by atoms with van der Waals surface area (Å²) in [5.74, 6) is -0.0768. The van der Waals surface area contributed by atoms with E-state index in [1.54, 1.807) is 0 Å². The van der Waals surface area contributed by atoms with Gasteiger partial charge in [-0.15, -0.1) is 0 Å². The van der Waals surface area contributed by atoms with Crippen molar-refractivity contribution in [3.8, 4) is 0 Å². The van der Waals surface area contributed by atoms with E-state index in [4.69, 9.17) is 0 Å². The molecule has 3 N–H and O–H groups in total. The average Bonchev–Trinajstić information content (AvgIpc) is 2.49. The lowest BCUT2D eigenvalue weighted by Crippen LogP contribution is -2.21. The Balaban J connectivity index is 1.80. The molecule has 0 aliphatic rings. The van der Waals surface area contributed by atoms with Gasteiger partial charge in [-0.3, -0.25) is 4.79 Å².